The summed E-state index contributed by atoms with van der Waals surface area (Å²) in [6.45, 7) is 3.95. The third kappa shape index (κ3) is 4.66. The number of nitrogens with zero attached hydrogens (tertiary/aromatic N) is 4. The number of hydrogen-bond donors (Lipinski definition) is 0. The van der Waals surface area contributed by atoms with E-state index in [1.54, 1.807) is 20.9 Å². The maximum Gasteiger partial charge on any atom is 0.306 e. The molecule has 1 aromatic carbocycles. The molecular formula is C22H24N4O4S. The molecule has 0 spiro atoms. The summed E-state index contributed by atoms with van der Waals surface area (Å²) in [5.74, 6) is 0.169. The number of aryl methyl sites for hydroxylation is 1. The third-order valence-corrected chi connectivity index (χ3v) is 6.11. The van der Waals surface area contributed by atoms with Crippen LogP contribution in [0.1, 0.15) is 50.7 Å². The highest BCUT2D eigenvalue weighted by atomic mass is 32.1. The van der Waals surface area contributed by atoms with Crippen LogP contribution in [0.4, 0.5) is 5.13 Å². The van der Waals surface area contributed by atoms with Crippen molar-refractivity contribution in [1.82, 2.24) is 14.5 Å². The van der Waals surface area contributed by atoms with Gasteiger partial charge in [-0.05, 0) is 31.9 Å². The zero-order valence-electron chi connectivity index (χ0n) is 17.5. The number of esters is 1. The number of aromatic nitrogens is 3. The third-order valence-electron chi connectivity index (χ3n) is 5.19. The molecule has 162 valence electrons. The van der Waals surface area contributed by atoms with Gasteiger partial charge in [0.25, 0.3) is 5.56 Å². The molecule has 9 heteroatoms. The van der Waals surface area contributed by atoms with Gasteiger partial charge in [0, 0.05) is 31.3 Å². The van der Waals surface area contributed by atoms with Crippen LogP contribution < -0.4 is 10.5 Å². The molecule has 0 bridgehead atoms. The fourth-order valence-electron chi connectivity index (χ4n) is 3.50. The molecule has 0 atom stereocenters. The lowest BCUT2D eigenvalue weighted by molar-refractivity contribution is -0.145. The first kappa shape index (κ1) is 21.2. The number of hydrogen-bond acceptors (Lipinski definition) is 7. The number of benzene rings is 1. The number of anilines is 1. The summed E-state index contributed by atoms with van der Waals surface area (Å²) >= 11 is 1.34. The number of ether oxygens (including phenoxy) is 1. The lowest BCUT2D eigenvalue weighted by Crippen LogP contribution is -2.27. The van der Waals surface area contributed by atoms with E-state index in [-0.39, 0.29) is 36.5 Å². The normalized spacial score (nSPS) is 13.4. The molecule has 8 nitrogen and oxygen atoms in total. The van der Waals surface area contributed by atoms with Crippen molar-refractivity contribution in [3.63, 3.8) is 0 Å². The Bertz CT molecular complexity index is 1180. The molecule has 4 rings (SSSR count). The fourth-order valence-corrected chi connectivity index (χ4v) is 4.41. The topological polar surface area (TPSA) is 94.4 Å². The zero-order valence-corrected chi connectivity index (χ0v) is 18.4. The Kier molecular flexibility index (Phi) is 6.13. The van der Waals surface area contributed by atoms with Gasteiger partial charge in [0.1, 0.15) is 12.4 Å². The van der Waals surface area contributed by atoms with Crippen LogP contribution in [0.2, 0.25) is 0 Å². The Morgan fingerprint density at radius 2 is 2.03 bits per heavy atom. The number of rotatable bonds is 8. The van der Waals surface area contributed by atoms with Crippen LogP contribution in [0.25, 0.3) is 10.9 Å². The fraction of sp³-hybridized carbons (Fsp3) is 0.409. The average molecular weight is 441 g/mol. The van der Waals surface area contributed by atoms with Gasteiger partial charge >= 0.3 is 5.97 Å². The van der Waals surface area contributed by atoms with Crippen LogP contribution in [-0.4, -0.2) is 33.0 Å². The number of thiazole rings is 1. The minimum atomic E-state index is -0.377. The van der Waals surface area contributed by atoms with Crippen LogP contribution in [0, 0.1) is 0 Å². The quantitative estimate of drug-likeness (QED) is 0.499. The zero-order chi connectivity index (χ0) is 22.0. The van der Waals surface area contributed by atoms with Crippen molar-refractivity contribution in [2.75, 3.05) is 11.4 Å². The number of carbonyl (C=O) groups is 2. The van der Waals surface area contributed by atoms with Gasteiger partial charge in [-0.15, -0.1) is 11.3 Å². The van der Waals surface area contributed by atoms with Gasteiger partial charge in [0.2, 0.25) is 5.91 Å². The Hall–Kier alpha value is -3.07. The number of amides is 1. The van der Waals surface area contributed by atoms with Gasteiger partial charge in [-0.1, -0.05) is 12.1 Å². The van der Waals surface area contributed by atoms with Crippen molar-refractivity contribution in [2.24, 2.45) is 0 Å². The largest absolute Gasteiger partial charge is 0.459 e. The molecule has 1 aliphatic carbocycles. The highest BCUT2D eigenvalue weighted by molar-refractivity contribution is 7.14. The lowest BCUT2D eigenvalue weighted by Gasteiger charge is -2.14. The van der Waals surface area contributed by atoms with Gasteiger partial charge < -0.3 is 4.74 Å². The first-order chi connectivity index (χ1) is 15.0. The number of para-hydroxylation sites is 1. The van der Waals surface area contributed by atoms with Crippen LogP contribution in [0.5, 0.6) is 0 Å². The highest BCUT2D eigenvalue weighted by Crippen LogP contribution is 2.35. The van der Waals surface area contributed by atoms with E-state index in [1.807, 2.05) is 25.1 Å². The van der Waals surface area contributed by atoms with Gasteiger partial charge in [0.15, 0.2) is 5.13 Å². The summed E-state index contributed by atoms with van der Waals surface area (Å²) in [4.78, 5) is 47.4. The molecule has 0 radical (unpaired) electrons. The minimum absolute atomic E-state index is 0.0441. The Balaban J connectivity index is 1.40. The first-order valence-electron chi connectivity index (χ1n) is 10.4. The summed E-state index contributed by atoms with van der Waals surface area (Å²) in [5, 5.41) is 2.98. The molecule has 0 saturated heterocycles. The van der Waals surface area contributed by atoms with Crippen molar-refractivity contribution < 1.29 is 14.3 Å². The second-order valence-electron chi connectivity index (χ2n) is 7.50. The van der Waals surface area contributed by atoms with Crippen molar-refractivity contribution >= 4 is 39.2 Å². The highest BCUT2D eigenvalue weighted by Gasteiger charge is 2.28. The summed E-state index contributed by atoms with van der Waals surface area (Å²) < 4.78 is 7.10. The van der Waals surface area contributed by atoms with E-state index < -0.39 is 0 Å². The Morgan fingerprint density at radius 1 is 1.26 bits per heavy atom. The molecule has 1 saturated carbocycles. The first-order valence-corrected chi connectivity index (χ1v) is 11.2. The standard InChI is InChI=1S/C22H24N4O4S/c1-3-25(14(2)27)22-23-15(13-31-22)12-30-20(28)11-10-19-24-18-7-5-4-6-17(18)21(29)26(19)16-8-9-16/h4-7,13,16H,3,8-12H2,1-2H3. The molecule has 1 amide bonds. The molecule has 2 heterocycles. The molecular weight excluding hydrogens is 416 g/mol. The van der Waals surface area contributed by atoms with Crippen LogP contribution in [-0.2, 0) is 27.4 Å². The van der Waals surface area contributed by atoms with Crippen molar-refractivity contribution in [2.45, 2.75) is 52.2 Å². The van der Waals surface area contributed by atoms with E-state index in [0.29, 0.717) is 40.5 Å². The molecule has 3 aromatic rings. The number of carbonyl (C=O) groups excluding carboxylic acids is 2. The SMILES string of the molecule is CCN(C(C)=O)c1nc(COC(=O)CCc2nc3ccccc3c(=O)n2C2CC2)cs1. The van der Waals surface area contributed by atoms with Crippen molar-refractivity contribution in [3.8, 4) is 0 Å². The van der Waals surface area contributed by atoms with E-state index in [1.165, 1.54) is 18.3 Å². The van der Waals surface area contributed by atoms with Gasteiger partial charge in [-0.2, -0.15) is 0 Å². The van der Waals surface area contributed by atoms with E-state index in [0.717, 1.165) is 12.8 Å². The summed E-state index contributed by atoms with van der Waals surface area (Å²) in [6, 6.07) is 7.46. The predicted molar refractivity (Wildman–Crippen MR) is 118 cm³/mol. The second-order valence-corrected chi connectivity index (χ2v) is 8.33. The van der Waals surface area contributed by atoms with Gasteiger partial charge in [-0.3, -0.25) is 23.9 Å². The van der Waals surface area contributed by atoms with Crippen LogP contribution in [0.15, 0.2) is 34.4 Å². The van der Waals surface area contributed by atoms with E-state index in [9.17, 15) is 14.4 Å². The minimum Gasteiger partial charge on any atom is -0.459 e. The van der Waals surface area contributed by atoms with Crippen molar-refractivity contribution in [1.29, 1.82) is 0 Å². The Labute approximate surface area is 183 Å². The molecule has 1 fully saturated rings. The monoisotopic (exact) mass is 440 g/mol. The second kappa shape index (κ2) is 8.97. The van der Waals surface area contributed by atoms with Gasteiger partial charge in [-0.25, -0.2) is 9.97 Å². The molecule has 0 aliphatic heterocycles. The predicted octanol–water partition coefficient (Wildman–Crippen LogP) is 3.24. The van der Waals surface area contributed by atoms with Crippen molar-refractivity contribution in [3.05, 3.63) is 51.5 Å². The van der Waals surface area contributed by atoms with E-state index >= 15 is 0 Å². The lowest BCUT2D eigenvalue weighted by atomic mass is 10.2. The van der Waals surface area contributed by atoms with Crippen LogP contribution in [0.3, 0.4) is 0 Å². The van der Waals surface area contributed by atoms with E-state index in [4.69, 9.17) is 4.74 Å². The maximum absolute atomic E-state index is 12.9. The molecule has 0 N–H and O–H groups in total. The Morgan fingerprint density at radius 3 is 2.74 bits per heavy atom. The summed E-state index contributed by atoms with van der Waals surface area (Å²) in [7, 11) is 0. The molecule has 2 aromatic heterocycles. The smallest absolute Gasteiger partial charge is 0.306 e. The molecule has 31 heavy (non-hydrogen) atoms. The molecule has 0 unspecified atom stereocenters. The van der Waals surface area contributed by atoms with E-state index in [2.05, 4.69) is 9.97 Å². The van der Waals surface area contributed by atoms with Gasteiger partial charge in [0.05, 0.1) is 23.0 Å². The maximum atomic E-state index is 12.9. The summed E-state index contributed by atoms with van der Waals surface area (Å²) in [5.41, 5.74) is 1.21. The summed E-state index contributed by atoms with van der Waals surface area (Å²) in [6.07, 6.45) is 2.38. The number of fused-ring (bicyclic) bond motifs is 1. The average Bonchev–Trinajstić information content (AvgIpc) is 3.48. The van der Waals surface area contributed by atoms with Crippen LogP contribution >= 0.6 is 11.3 Å². The molecule has 1 aliphatic rings.